The maximum atomic E-state index is 15.7. The topological polar surface area (TPSA) is 53.0 Å². The van der Waals surface area contributed by atoms with Crippen LogP contribution in [0.5, 0.6) is 5.75 Å². The molecular weight excluding hydrogens is 455 g/mol. The first-order valence-corrected chi connectivity index (χ1v) is 13.6. The standard InChI is InChI=1S/C30H39FN2O3/c1-4-5-16-36-23-8-6-20(7-9-23)24-17-22-10-13-30(2,3)28(25(22)18-26(24)31)33(29(34)35)27-19-32-14-11-21(27)12-15-32/h6-9,17-18,21,27-28H,4-5,10-16,19H2,1-3H3,(H,34,35)/t27-,28+/m1/s1. The van der Waals surface area contributed by atoms with Crippen molar-refractivity contribution >= 4 is 6.09 Å². The van der Waals surface area contributed by atoms with Crippen LogP contribution in [0.1, 0.15) is 70.0 Å². The molecule has 2 atom stereocenters. The molecule has 6 rings (SSSR count). The lowest BCUT2D eigenvalue weighted by molar-refractivity contribution is -0.0353. The van der Waals surface area contributed by atoms with E-state index in [1.807, 2.05) is 30.3 Å². The first kappa shape index (κ1) is 25.1. The number of halogens is 1. The number of fused-ring (bicyclic) bond motifs is 4. The lowest BCUT2D eigenvalue weighted by Gasteiger charge is -2.54. The molecule has 194 valence electrons. The minimum atomic E-state index is -0.886. The van der Waals surface area contributed by atoms with Gasteiger partial charge < -0.3 is 14.7 Å². The third-order valence-corrected chi connectivity index (χ3v) is 8.71. The second kappa shape index (κ2) is 10.0. The Morgan fingerprint density at radius 2 is 1.92 bits per heavy atom. The summed E-state index contributed by atoms with van der Waals surface area (Å²) in [5, 5.41) is 10.5. The quantitative estimate of drug-likeness (QED) is 0.432. The van der Waals surface area contributed by atoms with Gasteiger partial charge in [0.1, 0.15) is 11.6 Å². The van der Waals surface area contributed by atoms with Crippen molar-refractivity contribution in [2.24, 2.45) is 11.3 Å². The van der Waals surface area contributed by atoms with Crippen molar-refractivity contribution in [1.29, 1.82) is 0 Å². The first-order valence-electron chi connectivity index (χ1n) is 13.6. The van der Waals surface area contributed by atoms with Crippen LogP contribution >= 0.6 is 0 Å². The minimum absolute atomic E-state index is 0.0387. The summed E-state index contributed by atoms with van der Waals surface area (Å²) >= 11 is 0. The first-order chi connectivity index (χ1) is 17.3. The number of ether oxygens (including phenoxy) is 1. The van der Waals surface area contributed by atoms with Gasteiger partial charge in [-0.3, -0.25) is 4.90 Å². The Kier molecular flexibility index (Phi) is 6.99. The van der Waals surface area contributed by atoms with Crippen molar-refractivity contribution in [2.75, 3.05) is 26.2 Å². The zero-order valence-corrected chi connectivity index (χ0v) is 21.8. The molecule has 3 heterocycles. The molecule has 4 aliphatic rings. The summed E-state index contributed by atoms with van der Waals surface area (Å²) in [6.45, 7) is 9.98. The Morgan fingerprint density at radius 1 is 1.19 bits per heavy atom. The maximum absolute atomic E-state index is 15.7. The third kappa shape index (κ3) is 4.72. The predicted molar refractivity (Wildman–Crippen MR) is 140 cm³/mol. The Morgan fingerprint density at radius 3 is 2.53 bits per heavy atom. The van der Waals surface area contributed by atoms with Gasteiger partial charge >= 0.3 is 6.09 Å². The number of nitrogens with zero attached hydrogens (tertiary/aromatic N) is 2. The minimum Gasteiger partial charge on any atom is -0.494 e. The van der Waals surface area contributed by atoms with Gasteiger partial charge in [-0.25, -0.2) is 9.18 Å². The van der Waals surface area contributed by atoms with Gasteiger partial charge in [0.15, 0.2) is 0 Å². The van der Waals surface area contributed by atoms with E-state index >= 15 is 4.39 Å². The van der Waals surface area contributed by atoms with Gasteiger partial charge in [-0.05, 0) is 97.5 Å². The lowest BCUT2D eigenvalue weighted by atomic mass is 9.68. The van der Waals surface area contributed by atoms with Gasteiger partial charge in [0.05, 0.1) is 18.7 Å². The summed E-state index contributed by atoms with van der Waals surface area (Å²) in [4.78, 5) is 16.9. The summed E-state index contributed by atoms with van der Waals surface area (Å²) in [5.41, 5.74) is 3.00. The Bertz CT molecular complexity index is 1090. The lowest BCUT2D eigenvalue weighted by Crippen LogP contribution is -2.61. The normalized spacial score (nSPS) is 26.3. The van der Waals surface area contributed by atoms with Crippen LogP contribution in [0, 0.1) is 17.2 Å². The van der Waals surface area contributed by atoms with Gasteiger partial charge in [-0.15, -0.1) is 0 Å². The SMILES string of the molecule is CCCCOc1ccc(-c2cc3c(cc2F)[C@H](N(C(=O)O)[C@@H]2CN4CCC2CC4)C(C)(C)CC3)cc1. The fourth-order valence-corrected chi connectivity index (χ4v) is 6.62. The van der Waals surface area contributed by atoms with Gasteiger partial charge in [0.25, 0.3) is 0 Å². The molecule has 0 radical (unpaired) electrons. The van der Waals surface area contributed by atoms with Gasteiger partial charge in [0, 0.05) is 12.1 Å². The molecule has 6 heteroatoms. The van der Waals surface area contributed by atoms with Crippen LogP contribution < -0.4 is 4.74 Å². The van der Waals surface area contributed by atoms with E-state index in [-0.39, 0.29) is 23.3 Å². The largest absolute Gasteiger partial charge is 0.494 e. The molecule has 3 aliphatic heterocycles. The highest BCUT2D eigenvalue weighted by molar-refractivity contribution is 5.69. The average molecular weight is 495 g/mol. The molecule has 1 N–H and O–H groups in total. The van der Waals surface area contributed by atoms with E-state index in [2.05, 4.69) is 25.7 Å². The smallest absolute Gasteiger partial charge is 0.408 e. The predicted octanol–water partition coefficient (Wildman–Crippen LogP) is 6.76. The van der Waals surface area contributed by atoms with E-state index < -0.39 is 6.09 Å². The molecule has 3 fully saturated rings. The van der Waals surface area contributed by atoms with E-state index in [4.69, 9.17) is 4.74 Å². The molecule has 0 saturated carbocycles. The summed E-state index contributed by atoms with van der Waals surface area (Å²) < 4.78 is 21.5. The second-order valence-electron chi connectivity index (χ2n) is 11.5. The molecule has 1 aliphatic carbocycles. The van der Waals surface area contributed by atoms with E-state index in [1.165, 1.54) is 0 Å². The van der Waals surface area contributed by atoms with Gasteiger partial charge in [-0.2, -0.15) is 0 Å². The summed E-state index contributed by atoms with van der Waals surface area (Å²) in [6, 6.07) is 10.8. The van der Waals surface area contributed by atoms with Crippen LogP contribution in [0.3, 0.4) is 0 Å². The summed E-state index contributed by atoms with van der Waals surface area (Å²) in [6.07, 6.45) is 4.96. The zero-order valence-electron chi connectivity index (χ0n) is 21.8. The number of carboxylic acid groups (broad SMARTS) is 1. The zero-order chi connectivity index (χ0) is 25.4. The molecule has 0 unspecified atom stereocenters. The molecule has 1 amide bonds. The summed E-state index contributed by atoms with van der Waals surface area (Å²) in [7, 11) is 0. The molecule has 2 aromatic carbocycles. The van der Waals surface area contributed by atoms with Crippen LogP contribution in [-0.4, -0.2) is 53.3 Å². The monoisotopic (exact) mass is 494 g/mol. The van der Waals surface area contributed by atoms with Crippen LogP contribution in [0.2, 0.25) is 0 Å². The number of unbranched alkanes of at least 4 members (excludes halogenated alkanes) is 1. The number of piperidine rings is 3. The van der Waals surface area contributed by atoms with Gasteiger partial charge in [0.2, 0.25) is 0 Å². The van der Waals surface area contributed by atoms with E-state index in [9.17, 15) is 9.90 Å². The molecule has 3 saturated heterocycles. The van der Waals surface area contributed by atoms with E-state index in [1.54, 1.807) is 11.0 Å². The van der Waals surface area contributed by atoms with Crippen molar-refractivity contribution in [3.63, 3.8) is 0 Å². The fourth-order valence-electron chi connectivity index (χ4n) is 6.62. The number of rotatable bonds is 7. The number of aryl methyl sites for hydroxylation is 1. The number of amides is 1. The Hall–Kier alpha value is -2.60. The molecule has 0 spiro atoms. The van der Waals surface area contributed by atoms with Crippen LogP contribution in [0.4, 0.5) is 9.18 Å². The highest BCUT2D eigenvalue weighted by Gasteiger charge is 2.48. The van der Waals surface area contributed by atoms with Crippen molar-refractivity contribution < 1.29 is 19.0 Å². The average Bonchev–Trinajstić information content (AvgIpc) is 2.87. The van der Waals surface area contributed by atoms with Crippen molar-refractivity contribution in [1.82, 2.24) is 9.80 Å². The van der Waals surface area contributed by atoms with Gasteiger partial charge in [-0.1, -0.05) is 39.3 Å². The fraction of sp³-hybridized carbons (Fsp3) is 0.567. The van der Waals surface area contributed by atoms with Crippen LogP contribution in [0.15, 0.2) is 36.4 Å². The van der Waals surface area contributed by atoms with E-state index in [0.717, 1.165) is 80.6 Å². The Balaban J connectivity index is 1.48. The third-order valence-electron chi connectivity index (χ3n) is 8.71. The van der Waals surface area contributed by atoms with E-state index in [0.29, 0.717) is 18.1 Å². The highest BCUT2D eigenvalue weighted by Crippen LogP contribution is 2.50. The molecule has 2 aromatic rings. The number of hydrogen-bond acceptors (Lipinski definition) is 3. The highest BCUT2D eigenvalue weighted by atomic mass is 19.1. The molecule has 5 nitrogen and oxygen atoms in total. The number of benzene rings is 2. The van der Waals surface area contributed by atoms with Crippen molar-refractivity contribution in [2.45, 2.75) is 71.4 Å². The second-order valence-corrected chi connectivity index (χ2v) is 11.5. The Labute approximate surface area is 214 Å². The maximum Gasteiger partial charge on any atom is 0.408 e. The van der Waals surface area contributed by atoms with Crippen LogP contribution in [-0.2, 0) is 6.42 Å². The number of hydrogen-bond donors (Lipinski definition) is 1. The molecular formula is C30H39FN2O3. The molecule has 2 bridgehead atoms. The molecule has 0 aromatic heterocycles. The number of carbonyl (C=O) groups is 1. The molecule has 36 heavy (non-hydrogen) atoms. The van der Waals surface area contributed by atoms with Crippen LogP contribution in [0.25, 0.3) is 11.1 Å². The van der Waals surface area contributed by atoms with Crippen molar-refractivity contribution in [3.05, 3.63) is 53.3 Å². The van der Waals surface area contributed by atoms with Crippen molar-refractivity contribution in [3.8, 4) is 16.9 Å². The summed E-state index contributed by atoms with van der Waals surface area (Å²) in [5.74, 6) is 0.881.